The molecule has 1 aromatic carbocycles. The lowest BCUT2D eigenvalue weighted by molar-refractivity contribution is -0.148. The Morgan fingerprint density at radius 1 is 1.23 bits per heavy atom. The van der Waals surface area contributed by atoms with E-state index in [0.717, 1.165) is 22.6 Å². The van der Waals surface area contributed by atoms with Crippen LogP contribution in [-0.4, -0.2) is 22.5 Å². The predicted molar refractivity (Wildman–Crippen MR) is 101 cm³/mol. The zero-order chi connectivity index (χ0) is 19.1. The van der Waals surface area contributed by atoms with E-state index in [1.807, 2.05) is 37.3 Å². The molecule has 0 bridgehead atoms. The smallest absolute Gasteiger partial charge is 0.308 e. The van der Waals surface area contributed by atoms with Crippen LogP contribution in [-0.2, 0) is 20.9 Å². The van der Waals surface area contributed by atoms with Gasteiger partial charge in [-0.1, -0.05) is 41.7 Å². The molecular formula is C19H24N2O4S. The predicted octanol–water partition coefficient (Wildman–Crippen LogP) is 2.81. The quantitative estimate of drug-likeness (QED) is 0.719. The van der Waals surface area contributed by atoms with Gasteiger partial charge in [0, 0.05) is 24.0 Å². The number of nitrogens with zero attached hydrogens (tertiary/aromatic N) is 1. The van der Waals surface area contributed by atoms with Crippen LogP contribution in [0.3, 0.4) is 0 Å². The van der Waals surface area contributed by atoms with Crippen molar-refractivity contribution in [1.82, 2.24) is 9.88 Å². The van der Waals surface area contributed by atoms with Crippen molar-refractivity contribution >= 4 is 23.2 Å². The first-order valence-electron chi connectivity index (χ1n) is 8.55. The van der Waals surface area contributed by atoms with Crippen LogP contribution in [0.5, 0.6) is 0 Å². The number of nitrogens with one attached hydrogen (secondary N) is 1. The number of benzene rings is 1. The van der Waals surface area contributed by atoms with Crippen LogP contribution >= 0.6 is 11.3 Å². The largest absolute Gasteiger partial charge is 0.463 e. The maximum Gasteiger partial charge on any atom is 0.308 e. The van der Waals surface area contributed by atoms with Crippen molar-refractivity contribution in [2.24, 2.45) is 0 Å². The highest BCUT2D eigenvalue weighted by atomic mass is 32.1. The summed E-state index contributed by atoms with van der Waals surface area (Å²) >= 11 is 1.12. The van der Waals surface area contributed by atoms with E-state index >= 15 is 0 Å². The van der Waals surface area contributed by atoms with Gasteiger partial charge in [0.15, 0.2) is 0 Å². The first-order chi connectivity index (χ1) is 12.4. The van der Waals surface area contributed by atoms with Gasteiger partial charge in [0.2, 0.25) is 5.91 Å². The van der Waals surface area contributed by atoms with Crippen molar-refractivity contribution in [3.05, 3.63) is 56.6 Å². The SMILES string of the molecule is Cc1csc(=O)n1CCC(=O)N[C@H](CC(=O)OC(C)C)c1ccccc1. The number of esters is 1. The lowest BCUT2D eigenvalue weighted by atomic mass is 10.0. The average Bonchev–Trinajstić information content (AvgIpc) is 2.90. The Balaban J connectivity index is 2.02. The molecule has 0 saturated heterocycles. The molecule has 6 nitrogen and oxygen atoms in total. The molecule has 26 heavy (non-hydrogen) atoms. The summed E-state index contributed by atoms with van der Waals surface area (Å²) in [6.45, 7) is 5.73. The first kappa shape index (κ1) is 19.9. The van der Waals surface area contributed by atoms with Crippen LogP contribution in [0, 0.1) is 6.92 Å². The molecule has 0 saturated carbocycles. The first-order valence-corrected chi connectivity index (χ1v) is 9.43. The standard InChI is InChI=1S/C19H24N2O4S/c1-13(2)25-18(23)11-16(15-7-5-4-6-8-15)20-17(22)9-10-21-14(3)12-26-19(21)24/h4-8,12-13,16H,9-11H2,1-3H3,(H,20,22)/t16-/m1/s1. The highest BCUT2D eigenvalue weighted by molar-refractivity contribution is 7.07. The summed E-state index contributed by atoms with van der Waals surface area (Å²) in [7, 11) is 0. The van der Waals surface area contributed by atoms with Gasteiger partial charge in [-0.3, -0.25) is 14.4 Å². The third-order valence-electron chi connectivity index (χ3n) is 3.81. The molecule has 1 atom stereocenters. The summed E-state index contributed by atoms with van der Waals surface area (Å²) < 4.78 is 6.78. The van der Waals surface area contributed by atoms with E-state index in [1.54, 1.807) is 23.8 Å². The highest BCUT2D eigenvalue weighted by Gasteiger charge is 2.20. The van der Waals surface area contributed by atoms with Gasteiger partial charge in [-0.25, -0.2) is 0 Å². The van der Waals surface area contributed by atoms with E-state index in [0.29, 0.717) is 6.54 Å². The van der Waals surface area contributed by atoms with Gasteiger partial charge in [-0.15, -0.1) is 0 Å². The Kier molecular flexibility index (Phi) is 7.15. The van der Waals surface area contributed by atoms with Crippen molar-refractivity contribution in [1.29, 1.82) is 0 Å². The molecule has 1 amide bonds. The second-order valence-electron chi connectivity index (χ2n) is 6.32. The normalized spacial score (nSPS) is 12.0. The Labute approximate surface area is 156 Å². The highest BCUT2D eigenvalue weighted by Crippen LogP contribution is 2.18. The summed E-state index contributed by atoms with van der Waals surface area (Å²) in [6, 6.07) is 8.85. The van der Waals surface area contributed by atoms with Crippen molar-refractivity contribution in [2.75, 3.05) is 0 Å². The number of carbonyl (C=O) groups is 2. The molecule has 0 radical (unpaired) electrons. The van der Waals surface area contributed by atoms with E-state index in [9.17, 15) is 14.4 Å². The van der Waals surface area contributed by atoms with Crippen LogP contribution in [0.1, 0.15) is 44.0 Å². The zero-order valence-corrected chi connectivity index (χ0v) is 16.0. The van der Waals surface area contributed by atoms with Crippen LogP contribution in [0.15, 0.2) is 40.5 Å². The Hall–Kier alpha value is -2.41. The molecule has 7 heteroatoms. The van der Waals surface area contributed by atoms with Gasteiger partial charge in [-0.05, 0) is 26.3 Å². The lowest BCUT2D eigenvalue weighted by Crippen LogP contribution is -2.32. The number of hydrogen-bond donors (Lipinski definition) is 1. The van der Waals surface area contributed by atoms with Crippen LogP contribution < -0.4 is 10.2 Å². The summed E-state index contributed by atoms with van der Waals surface area (Å²) in [5.74, 6) is -0.576. The van der Waals surface area contributed by atoms with Crippen molar-refractivity contribution in [3.63, 3.8) is 0 Å². The molecule has 2 aromatic rings. The monoisotopic (exact) mass is 376 g/mol. The molecule has 0 aliphatic heterocycles. The summed E-state index contributed by atoms with van der Waals surface area (Å²) in [5, 5.41) is 4.66. The van der Waals surface area contributed by atoms with E-state index in [2.05, 4.69) is 5.32 Å². The number of thiazole rings is 1. The van der Waals surface area contributed by atoms with Gasteiger partial charge in [0.05, 0.1) is 18.6 Å². The molecule has 2 rings (SSSR count). The number of carbonyl (C=O) groups excluding carboxylic acids is 2. The van der Waals surface area contributed by atoms with Gasteiger partial charge in [0.1, 0.15) is 0 Å². The van der Waals surface area contributed by atoms with Crippen molar-refractivity contribution in [3.8, 4) is 0 Å². The van der Waals surface area contributed by atoms with Gasteiger partial charge < -0.3 is 14.6 Å². The maximum atomic E-state index is 12.4. The average molecular weight is 376 g/mol. The van der Waals surface area contributed by atoms with E-state index in [4.69, 9.17) is 4.74 Å². The topological polar surface area (TPSA) is 77.4 Å². The molecule has 140 valence electrons. The Morgan fingerprint density at radius 2 is 1.92 bits per heavy atom. The van der Waals surface area contributed by atoms with E-state index in [-0.39, 0.29) is 35.7 Å². The fraction of sp³-hybridized carbons (Fsp3) is 0.421. The number of rotatable bonds is 8. The summed E-state index contributed by atoms with van der Waals surface area (Å²) in [5.41, 5.74) is 1.68. The minimum Gasteiger partial charge on any atom is -0.463 e. The van der Waals surface area contributed by atoms with Gasteiger partial charge in [-0.2, -0.15) is 0 Å². The maximum absolute atomic E-state index is 12.4. The van der Waals surface area contributed by atoms with Crippen LogP contribution in [0.2, 0.25) is 0 Å². The lowest BCUT2D eigenvalue weighted by Gasteiger charge is -2.19. The third-order valence-corrected chi connectivity index (χ3v) is 4.69. The number of ether oxygens (including phenoxy) is 1. The molecule has 1 N–H and O–H groups in total. The molecule has 0 aliphatic rings. The molecular weight excluding hydrogens is 352 g/mol. The molecule has 0 unspecified atom stereocenters. The van der Waals surface area contributed by atoms with Gasteiger partial charge in [0.25, 0.3) is 0 Å². The third kappa shape index (κ3) is 5.84. The van der Waals surface area contributed by atoms with E-state index in [1.165, 1.54) is 0 Å². The summed E-state index contributed by atoms with van der Waals surface area (Å²) in [4.78, 5) is 36.1. The van der Waals surface area contributed by atoms with Crippen LogP contribution in [0.25, 0.3) is 0 Å². The fourth-order valence-corrected chi connectivity index (χ4v) is 3.33. The fourth-order valence-electron chi connectivity index (χ4n) is 2.57. The van der Waals surface area contributed by atoms with E-state index < -0.39 is 6.04 Å². The van der Waals surface area contributed by atoms with Gasteiger partial charge >= 0.3 is 10.8 Å². The molecule has 1 heterocycles. The number of amides is 1. The zero-order valence-electron chi connectivity index (χ0n) is 15.2. The molecule has 0 fully saturated rings. The second-order valence-corrected chi connectivity index (χ2v) is 7.14. The Morgan fingerprint density at radius 3 is 2.50 bits per heavy atom. The number of hydrogen-bond acceptors (Lipinski definition) is 5. The Bertz CT molecular complexity index is 795. The molecule has 0 spiro atoms. The minimum atomic E-state index is -0.463. The molecule has 0 aliphatic carbocycles. The van der Waals surface area contributed by atoms with Crippen molar-refractivity contribution in [2.45, 2.75) is 52.3 Å². The number of aryl methyl sites for hydroxylation is 1. The number of aromatic nitrogens is 1. The van der Waals surface area contributed by atoms with Crippen molar-refractivity contribution < 1.29 is 14.3 Å². The minimum absolute atomic E-state index is 0.0609. The second kappa shape index (κ2) is 9.33. The molecule has 1 aromatic heterocycles. The summed E-state index contributed by atoms with van der Waals surface area (Å²) in [6.07, 6.45) is 0.0221. The van der Waals surface area contributed by atoms with Crippen LogP contribution in [0.4, 0.5) is 0 Å².